The predicted molar refractivity (Wildman–Crippen MR) is 143 cm³/mol. The molecule has 0 aliphatic heterocycles. The molecule has 0 amide bonds. The van der Waals surface area contributed by atoms with Gasteiger partial charge in [0, 0.05) is 38.7 Å². The number of aliphatic hydroxyl groups excluding tert-OH is 1. The van der Waals surface area contributed by atoms with Gasteiger partial charge in [0.05, 0.1) is 23.7 Å². The Bertz CT molecular complexity index is 1560. The van der Waals surface area contributed by atoms with Crippen LogP contribution in [-0.4, -0.2) is 23.9 Å². The third-order valence-electron chi connectivity index (χ3n) is 5.38. The highest BCUT2D eigenvalue weighted by molar-refractivity contribution is 9.10. The molecule has 0 radical (unpaired) electrons. The van der Waals surface area contributed by atoms with Crippen molar-refractivity contribution in [3.8, 4) is 22.5 Å². The van der Waals surface area contributed by atoms with Crippen LogP contribution in [0.4, 0.5) is 0 Å². The van der Waals surface area contributed by atoms with Gasteiger partial charge in [0.2, 0.25) is 0 Å². The van der Waals surface area contributed by atoms with Crippen molar-refractivity contribution in [1.29, 1.82) is 0 Å². The van der Waals surface area contributed by atoms with Crippen LogP contribution in [0.3, 0.4) is 0 Å². The van der Waals surface area contributed by atoms with E-state index in [2.05, 4.69) is 54.0 Å². The predicted octanol–water partition coefficient (Wildman–Crippen LogP) is 7.02. The summed E-state index contributed by atoms with van der Waals surface area (Å²) in [4.78, 5) is 9.16. The van der Waals surface area contributed by atoms with Gasteiger partial charge < -0.3 is 13.9 Å². The van der Waals surface area contributed by atoms with Gasteiger partial charge in [-0.1, -0.05) is 92.5 Å². The van der Waals surface area contributed by atoms with Crippen molar-refractivity contribution in [1.82, 2.24) is 18.8 Å². The molecule has 0 saturated heterocycles. The molecule has 7 heteroatoms. The lowest BCUT2D eigenvalue weighted by molar-refractivity contribution is 0.276. The molecule has 168 valence electrons. The minimum atomic E-state index is -0.0347. The summed E-state index contributed by atoms with van der Waals surface area (Å²) in [7, 11) is 0. The number of rotatable bonds is 3. The fourth-order valence-electron chi connectivity index (χ4n) is 3.75. The van der Waals surface area contributed by atoms with E-state index in [-0.39, 0.29) is 6.61 Å². The van der Waals surface area contributed by atoms with E-state index in [0.29, 0.717) is 0 Å². The molecule has 0 bridgehead atoms. The lowest BCUT2D eigenvalue weighted by Crippen LogP contribution is -1.93. The van der Waals surface area contributed by atoms with Crippen LogP contribution in [0.1, 0.15) is 5.69 Å². The highest BCUT2D eigenvalue weighted by atomic mass is 79.9. The van der Waals surface area contributed by atoms with E-state index < -0.39 is 0 Å². The summed E-state index contributed by atoms with van der Waals surface area (Å²) in [5, 5.41) is 9.56. The summed E-state index contributed by atoms with van der Waals surface area (Å²) < 4.78 is 5.95. The summed E-state index contributed by atoms with van der Waals surface area (Å²) in [5.41, 5.74) is 6.57. The first-order valence-corrected chi connectivity index (χ1v) is 12.2. The quantitative estimate of drug-likeness (QED) is 0.247. The largest absolute Gasteiger partial charge is 0.390 e. The van der Waals surface area contributed by atoms with Crippen LogP contribution >= 0.6 is 31.9 Å². The molecule has 0 unspecified atom stereocenters. The van der Waals surface area contributed by atoms with Crippen LogP contribution in [0.5, 0.6) is 0 Å². The van der Waals surface area contributed by atoms with Crippen molar-refractivity contribution < 1.29 is 5.11 Å². The van der Waals surface area contributed by atoms with E-state index in [1.165, 1.54) is 0 Å². The van der Waals surface area contributed by atoms with Gasteiger partial charge in [0.15, 0.2) is 0 Å². The van der Waals surface area contributed by atoms with E-state index in [9.17, 15) is 5.11 Å². The van der Waals surface area contributed by atoms with E-state index in [4.69, 9.17) is 0 Å². The Labute approximate surface area is 213 Å². The maximum Gasteiger partial charge on any atom is 0.138 e. The molecule has 0 spiro atoms. The minimum absolute atomic E-state index is 0.0347. The number of aliphatic hydroxyl groups is 1. The van der Waals surface area contributed by atoms with Gasteiger partial charge in [-0.15, -0.1) is 0 Å². The fourth-order valence-corrected chi connectivity index (χ4v) is 4.40. The molecule has 2 aromatic carbocycles. The zero-order chi connectivity index (χ0) is 23.5. The average molecular weight is 576 g/mol. The van der Waals surface area contributed by atoms with Gasteiger partial charge in [-0.05, 0) is 24.3 Å². The third kappa shape index (κ3) is 4.68. The molecular weight excluding hydrogens is 556 g/mol. The summed E-state index contributed by atoms with van der Waals surface area (Å²) in [6.07, 6.45) is 5.94. The second-order valence-corrected chi connectivity index (χ2v) is 9.44. The van der Waals surface area contributed by atoms with E-state index in [1.54, 1.807) is 0 Å². The van der Waals surface area contributed by atoms with Crippen molar-refractivity contribution in [2.24, 2.45) is 0 Å². The maximum absolute atomic E-state index is 9.56. The second-order valence-electron chi connectivity index (χ2n) is 7.61. The Balaban J connectivity index is 0.000000142. The highest BCUT2D eigenvalue weighted by Gasteiger charge is 2.12. The molecule has 4 heterocycles. The number of halogens is 2. The lowest BCUT2D eigenvalue weighted by Gasteiger charge is -2.01. The zero-order valence-electron chi connectivity index (χ0n) is 18.0. The summed E-state index contributed by atoms with van der Waals surface area (Å²) in [6.45, 7) is -0.0347. The van der Waals surface area contributed by atoms with Crippen molar-refractivity contribution in [3.05, 3.63) is 118 Å². The Morgan fingerprint density at radius 3 is 2.00 bits per heavy atom. The number of fused-ring (bicyclic) bond motifs is 2. The van der Waals surface area contributed by atoms with Gasteiger partial charge in [0.25, 0.3) is 0 Å². The van der Waals surface area contributed by atoms with Gasteiger partial charge in [-0.2, -0.15) is 0 Å². The summed E-state index contributed by atoms with van der Waals surface area (Å²) >= 11 is 6.87. The van der Waals surface area contributed by atoms with Crippen molar-refractivity contribution in [3.63, 3.8) is 0 Å². The van der Waals surface area contributed by atoms with Crippen LogP contribution in [0.15, 0.2) is 112 Å². The smallest absolute Gasteiger partial charge is 0.138 e. The van der Waals surface area contributed by atoms with E-state index in [1.807, 2.05) is 100 Å². The molecule has 34 heavy (non-hydrogen) atoms. The molecule has 0 saturated carbocycles. The number of hydrogen-bond donors (Lipinski definition) is 1. The topological polar surface area (TPSA) is 54.8 Å². The first kappa shape index (κ1) is 22.5. The summed E-state index contributed by atoms with van der Waals surface area (Å²) in [5.74, 6) is 0. The van der Waals surface area contributed by atoms with Gasteiger partial charge >= 0.3 is 0 Å². The molecule has 5 nitrogen and oxygen atoms in total. The normalized spacial score (nSPS) is 10.9. The monoisotopic (exact) mass is 574 g/mol. The van der Waals surface area contributed by atoms with Crippen LogP contribution in [0.25, 0.3) is 33.8 Å². The highest BCUT2D eigenvalue weighted by Crippen LogP contribution is 2.26. The van der Waals surface area contributed by atoms with Crippen molar-refractivity contribution in [2.45, 2.75) is 6.61 Å². The third-order valence-corrected chi connectivity index (χ3v) is 6.36. The van der Waals surface area contributed by atoms with Crippen LogP contribution in [0.2, 0.25) is 0 Å². The number of imidazole rings is 2. The second kappa shape index (κ2) is 9.93. The van der Waals surface area contributed by atoms with Crippen LogP contribution < -0.4 is 0 Å². The van der Waals surface area contributed by atoms with Gasteiger partial charge in [-0.3, -0.25) is 0 Å². The standard InChI is InChI=1S/C14H11BrN2O.C13H9BrN2/c15-11-6-7-17-12(9-18)14(16-13(17)8-11)10-4-2-1-3-5-10;14-11-6-7-16-9-12(15-13(16)8-11)10-4-2-1-3-5-10/h1-8,18H,9H2;1-9H. The van der Waals surface area contributed by atoms with E-state index >= 15 is 0 Å². The minimum Gasteiger partial charge on any atom is -0.390 e. The molecular formula is C27H20Br2N4O. The molecule has 0 aliphatic rings. The first-order valence-electron chi connectivity index (χ1n) is 10.6. The SMILES string of the molecule is Brc1ccn2cc(-c3ccccc3)nc2c1.OCc1c(-c2ccccc2)nc2cc(Br)ccn12. The molecule has 0 aliphatic carbocycles. The van der Waals surface area contributed by atoms with Gasteiger partial charge in [0.1, 0.15) is 11.3 Å². The first-order chi connectivity index (χ1) is 16.6. The molecule has 0 atom stereocenters. The lowest BCUT2D eigenvalue weighted by atomic mass is 10.1. The number of nitrogens with zero attached hydrogens (tertiary/aromatic N) is 4. The summed E-state index contributed by atoms with van der Waals surface area (Å²) in [6, 6.07) is 28.0. The molecule has 1 N–H and O–H groups in total. The molecule has 0 fully saturated rings. The fraction of sp³-hybridized carbons (Fsp3) is 0.0370. The Morgan fingerprint density at radius 2 is 1.32 bits per heavy atom. The number of benzene rings is 2. The zero-order valence-corrected chi connectivity index (χ0v) is 21.2. The Morgan fingerprint density at radius 1 is 0.706 bits per heavy atom. The van der Waals surface area contributed by atoms with Crippen LogP contribution in [-0.2, 0) is 6.61 Å². The Kier molecular flexibility index (Phi) is 6.58. The van der Waals surface area contributed by atoms with Crippen LogP contribution in [0, 0.1) is 0 Å². The van der Waals surface area contributed by atoms with Gasteiger partial charge in [-0.25, -0.2) is 9.97 Å². The number of aromatic nitrogens is 4. The molecule has 6 rings (SSSR count). The number of hydrogen-bond acceptors (Lipinski definition) is 3. The number of pyridine rings is 2. The molecule has 6 aromatic rings. The maximum atomic E-state index is 9.56. The van der Waals surface area contributed by atoms with Crippen molar-refractivity contribution in [2.75, 3.05) is 0 Å². The van der Waals surface area contributed by atoms with Crippen molar-refractivity contribution >= 4 is 43.2 Å². The van der Waals surface area contributed by atoms with E-state index in [0.717, 1.165) is 48.4 Å². The molecule has 4 aromatic heterocycles. The Hall–Kier alpha value is -3.26. The average Bonchev–Trinajstić information content (AvgIpc) is 3.46.